The minimum Gasteiger partial charge on any atom is -0.262 e. The van der Waals surface area contributed by atoms with Crippen LogP contribution >= 0.6 is 0 Å². The zero-order chi connectivity index (χ0) is 7.78. The van der Waals surface area contributed by atoms with Gasteiger partial charge in [0, 0.05) is 13.2 Å². The second-order valence-electron chi connectivity index (χ2n) is 2.04. The molecule has 10 heavy (non-hydrogen) atoms. The van der Waals surface area contributed by atoms with E-state index in [1.807, 2.05) is 0 Å². The van der Waals surface area contributed by atoms with E-state index in [9.17, 15) is 8.42 Å². The van der Waals surface area contributed by atoms with Gasteiger partial charge in [-0.1, -0.05) is 0 Å². The summed E-state index contributed by atoms with van der Waals surface area (Å²) in [6, 6.07) is 0. The van der Waals surface area contributed by atoms with Crippen molar-refractivity contribution in [3.63, 3.8) is 0 Å². The normalized spacial score (nSPS) is 22.6. The van der Waals surface area contributed by atoms with Crippen molar-refractivity contribution >= 4 is 15.9 Å². The Kier molecular flexibility index (Phi) is 1.52. The number of hydrogen-bond donors (Lipinski definition) is 0. The summed E-state index contributed by atoms with van der Waals surface area (Å²) >= 11 is 0. The first kappa shape index (κ1) is 7.27. The SMILES string of the molecule is CC1=NS(=O)(=O)N(C)C=C1. The molecule has 0 atom stereocenters. The first-order chi connectivity index (χ1) is 4.52. The predicted octanol–water partition coefficient (Wildman–Crippen LogP) is 0.151. The molecule has 0 spiro atoms. The van der Waals surface area contributed by atoms with Crippen molar-refractivity contribution in [2.24, 2.45) is 4.40 Å². The number of allylic oxidation sites excluding steroid dienone is 1. The van der Waals surface area contributed by atoms with Crippen molar-refractivity contribution in [3.8, 4) is 0 Å². The molecule has 0 saturated heterocycles. The molecule has 0 N–H and O–H groups in total. The summed E-state index contributed by atoms with van der Waals surface area (Å²) in [6.45, 7) is 1.64. The largest absolute Gasteiger partial charge is 0.344 e. The summed E-state index contributed by atoms with van der Waals surface area (Å²) < 4.78 is 26.3. The minimum absolute atomic E-state index is 0.512. The van der Waals surface area contributed by atoms with E-state index in [0.29, 0.717) is 5.71 Å². The van der Waals surface area contributed by atoms with Crippen molar-refractivity contribution < 1.29 is 8.42 Å². The van der Waals surface area contributed by atoms with Crippen LogP contribution in [0.4, 0.5) is 0 Å². The van der Waals surface area contributed by atoms with Crippen LogP contribution in [0.15, 0.2) is 16.7 Å². The van der Waals surface area contributed by atoms with E-state index in [1.54, 1.807) is 13.0 Å². The van der Waals surface area contributed by atoms with Gasteiger partial charge in [-0.3, -0.25) is 4.31 Å². The van der Waals surface area contributed by atoms with Crippen LogP contribution < -0.4 is 0 Å². The molecule has 0 aromatic heterocycles. The van der Waals surface area contributed by atoms with Crippen LogP contribution in [-0.4, -0.2) is 25.5 Å². The van der Waals surface area contributed by atoms with Crippen molar-refractivity contribution in [3.05, 3.63) is 12.3 Å². The topological polar surface area (TPSA) is 49.7 Å². The van der Waals surface area contributed by atoms with Crippen LogP contribution in [0, 0.1) is 0 Å². The van der Waals surface area contributed by atoms with Crippen LogP contribution in [0.25, 0.3) is 0 Å². The van der Waals surface area contributed by atoms with E-state index < -0.39 is 10.2 Å². The standard InChI is InChI=1S/C5H8N2O2S/c1-5-3-4-7(2)10(8,9)6-5/h3-4H,1-2H3. The molecular weight excluding hydrogens is 152 g/mol. The van der Waals surface area contributed by atoms with E-state index in [0.717, 1.165) is 4.31 Å². The van der Waals surface area contributed by atoms with Gasteiger partial charge in [-0.25, -0.2) is 0 Å². The van der Waals surface area contributed by atoms with Gasteiger partial charge in [-0.15, -0.1) is 0 Å². The molecule has 0 saturated carbocycles. The van der Waals surface area contributed by atoms with Crippen molar-refractivity contribution in [2.75, 3.05) is 7.05 Å². The first-order valence-corrected chi connectivity index (χ1v) is 4.15. The molecule has 4 nitrogen and oxygen atoms in total. The maximum atomic E-state index is 10.9. The zero-order valence-corrected chi connectivity index (χ0v) is 6.59. The Morgan fingerprint density at radius 2 is 2.20 bits per heavy atom. The lowest BCUT2D eigenvalue weighted by molar-refractivity contribution is 0.540. The number of hydrogen-bond acceptors (Lipinski definition) is 2. The quantitative estimate of drug-likeness (QED) is 0.506. The second kappa shape index (κ2) is 2.09. The lowest BCUT2D eigenvalue weighted by Gasteiger charge is -2.13. The van der Waals surface area contributed by atoms with Crippen LogP contribution in [0.3, 0.4) is 0 Å². The molecule has 5 heteroatoms. The number of rotatable bonds is 0. The molecule has 0 aromatic carbocycles. The highest BCUT2D eigenvalue weighted by Crippen LogP contribution is 2.06. The third-order valence-electron chi connectivity index (χ3n) is 1.15. The van der Waals surface area contributed by atoms with Crippen LogP contribution in [0.2, 0.25) is 0 Å². The molecule has 0 fully saturated rings. The van der Waals surface area contributed by atoms with Gasteiger partial charge in [0.2, 0.25) is 0 Å². The Morgan fingerprint density at radius 1 is 1.60 bits per heavy atom. The fraction of sp³-hybridized carbons (Fsp3) is 0.400. The molecule has 0 aliphatic carbocycles. The molecule has 0 bridgehead atoms. The molecule has 1 heterocycles. The predicted molar refractivity (Wildman–Crippen MR) is 38.9 cm³/mol. The van der Waals surface area contributed by atoms with E-state index in [4.69, 9.17) is 0 Å². The Bertz CT molecular complexity index is 289. The molecular formula is C5H8N2O2S. The minimum atomic E-state index is -3.38. The number of nitrogens with zero attached hydrogens (tertiary/aromatic N) is 2. The summed E-state index contributed by atoms with van der Waals surface area (Å²) in [6.07, 6.45) is 3.11. The third-order valence-corrected chi connectivity index (χ3v) is 2.52. The van der Waals surface area contributed by atoms with Crippen LogP contribution in [0.1, 0.15) is 6.92 Å². The van der Waals surface area contributed by atoms with Gasteiger partial charge >= 0.3 is 10.2 Å². The monoisotopic (exact) mass is 160 g/mol. The highest BCUT2D eigenvalue weighted by atomic mass is 32.2. The summed E-state index contributed by atoms with van der Waals surface area (Å²) in [5.41, 5.74) is 0.512. The fourth-order valence-corrected chi connectivity index (χ4v) is 1.33. The van der Waals surface area contributed by atoms with Crippen LogP contribution in [-0.2, 0) is 10.2 Å². The third kappa shape index (κ3) is 1.18. The maximum Gasteiger partial charge on any atom is 0.344 e. The summed E-state index contributed by atoms with van der Waals surface area (Å²) in [4.78, 5) is 0. The summed E-state index contributed by atoms with van der Waals surface area (Å²) in [5.74, 6) is 0. The van der Waals surface area contributed by atoms with Gasteiger partial charge in [0.1, 0.15) is 0 Å². The average Bonchev–Trinajstić information content (AvgIpc) is 1.78. The van der Waals surface area contributed by atoms with Gasteiger partial charge in [-0.05, 0) is 13.0 Å². The summed E-state index contributed by atoms with van der Waals surface area (Å²) in [5, 5.41) is 0. The maximum absolute atomic E-state index is 10.9. The van der Waals surface area contributed by atoms with Gasteiger partial charge in [0.15, 0.2) is 0 Å². The second-order valence-corrected chi connectivity index (χ2v) is 3.70. The molecule has 0 unspecified atom stereocenters. The Balaban J connectivity index is 3.12. The van der Waals surface area contributed by atoms with Crippen molar-refractivity contribution in [2.45, 2.75) is 6.92 Å². The highest BCUT2D eigenvalue weighted by Gasteiger charge is 2.15. The van der Waals surface area contributed by atoms with Crippen molar-refractivity contribution in [1.29, 1.82) is 0 Å². The van der Waals surface area contributed by atoms with E-state index in [-0.39, 0.29) is 0 Å². The molecule has 56 valence electrons. The molecule has 0 radical (unpaired) electrons. The Labute approximate surface area is 60.1 Å². The zero-order valence-electron chi connectivity index (χ0n) is 5.77. The average molecular weight is 160 g/mol. The van der Waals surface area contributed by atoms with Gasteiger partial charge in [0.25, 0.3) is 0 Å². The first-order valence-electron chi connectivity index (χ1n) is 2.75. The summed E-state index contributed by atoms with van der Waals surface area (Å²) in [7, 11) is -1.93. The van der Waals surface area contributed by atoms with E-state index in [1.165, 1.54) is 13.2 Å². The molecule has 0 aromatic rings. The molecule has 0 amide bonds. The van der Waals surface area contributed by atoms with E-state index >= 15 is 0 Å². The lowest BCUT2D eigenvalue weighted by atomic mass is 10.4. The highest BCUT2D eigenvalue weighted by molar-refractivity contribution is 7.88. The van der Waals surface area contributed by atoms with Gasteiger partial charge < -0.3 is 0 Å². The van der Waals surface area contributed by atoms with Crippen LogP contribution in [0.5, 0.6) is 0 Å². The molecule has 1 aliphatic rings. The Hall–Kier alpha value is -0.840. The van der Waals surface area contributed by atoms with Gasteiger partial charge in [-0.2, -0.15) is 12.8 Å². The molecule has 1 rings (SSSR count). The molecule has 1 aliphatic heterocycles. The van der Waals surface area contributed by atoms with Crippen molar-refractivity contribution in [1.82, 2.24) is 4.31 Å². The smallest absolute Gasteiger partial charge is 0.262 e. The van der Waals surface area contributed by atoms with E-state index in [2.05, 4.69) is 4.40 Å². The fourth-order valence-electron chi connectivity index (χ4n) is 0.567. The Morgan fingerprint density at radius 3 is 2.60 bits per heavy atom. The lowest BCUT2D eigenvalue weighted by Crippen LogP contribution is -2.22. The van der Waals surface area contributed by atoms with Gasteiger partial charge in [0.05, 0.1) is 5.71 Å².